The third-order valence-electron chi connectivity index (χ3n) is 5.94. The van der Waals surface area contributed by atoms with Crippen molar-refractivity contribution in [2.24, 2.45) is 0 Å². The van der Waals surface area contributed by atoms with Crippen molar-refractivity contribution in [3.8, 4) is 0 Å². The molecule has 8 heteroatoms. The van der Waals surface area contributed by atoms with Crippen molar-refractivity contribution in [3.63, 3.8) is 0 Å². The number of nitrogens with one attached hydrogen (secondary N) is 1. The van der Waals surface area contributed by atoms with Gasteiger partial charge < -0.3 is 9.64 Å². The highest BCUT2D eigenvalue weighted by molar-refractivity contribution is 7.93. The van der Waals surface area contributed by atoms with Gasteiger partial charge >= 0.3 is 0 Å². The van der Waals surface area contributed by atoms with E-state index in [1.165, 1.54) is 11.3 Å². The highest BCUT2D eigenvalue weighted by atomic mass is 32.2. The van der Waals surface area contributed by atoms with Crippen molar-refractivity contribution in [1.29, 1.82) is 0 Å². The lowest BCUT2D eigenvalue weighted by molar-refractivity contribution is 0.0303. The van der Waals surface area contributed by atoms with Gasteiger partial charge in [0.05, 0.1) is 23.7 Å². The van der Waals surface area contributed by atoms with E-state index in [2.05, 4.69) is 4.72 Å². The van der Waals surface area contributed by atoms with E-state index in [0.29, 0.717) is 36.9 Å². The molecule has 1 aromatic heterocycles. The zero-order chi connectivity index (χ0) is 21.4. The van der Waals surface area contributed by atoms with Crippen LogP contribution in [0.4, 0.5) is 5.00 Å². The molecule has 2 aromatic carbocycles. The number of ether oxygens (including phenoxy) is 1. The number of aryl methyl sites for hydroxylation is 1. The maximum Gasteiger partial charge on any atom is 0.262 e. The number of carbonyl (C=O) groups is 1. The Morgan fingerprint density at radius 2 is 1.74 bits per heavy atom. The van der Waals surface area contributed by atoms with Crippen LogP contribution >= 0.6 is 11.3 Å². The third-order valence-corrected chi connectivity index (χ3v) is 8.63. The number of amides is 1. The highest BCUT2D eigenvalue weighted by Crippen LogP contribution is 2.40. The quantitative estimate of drug-likeness (QED) is 0.643. The molecule has 1 N–H and O–H groups in total. The summed E-state index contributed by atoms with van der Waals surface area (Å²) in [6.45, 7) is 2.08. The van der Waals surface area contributed by atoms with Gasteiger partial charge in [-0.1, -0.05) is 30.3 Å². The van der Waals surface area contributed by atoms with Gasteiger partial charge in [0.15, 0.2) is 0 Å². The van der Waals surface area contributed by atoms with E-state index in [-0.39, 0.29) is 10.8 Å². The second kappa shape index (κ2) is 8.26. The Bertz CT molecular complexity index is 1240. The fraction of sp³-hybridized carbons (Fsp3) is 0.348. The van der Waals surface area contributed by atoms with Crippen molar-refractivity contribution in [1.82, 2.24) is 4.90 Å². The van der Waals surface area contributed by atoms with Crippen LogP contribution in [0.25, 0.3) is 10.8 Å². The summed E-state index contributed by atoms with van der Waals surface area (Å²) in [6.07, 6.45) is 3.79. The lowest BCUT2D eigenvalue weighted by Gasteiger charge is -2.27. The Kier molecular flexibility index (Phi) is 5.45. The Hall–Kier alpha value is -2.42. The van der Waals surface area contributed by atoms with Gasteiger partial charge in [-0.15, -0.1) is 11.3 Å². The van der Waals surface area contributed by atoms with Gasteiger partial charge in [0.1, 0.15) is 5.00 Å². The second-order valence-electron chi connectivity index (χ2n) is 7.93. The molecule has 2 heterocycles. The van der Waals surface area contributed by atoms with Crippen LogP contribution in [0.1, 0.15) is 33.6 Å². The molecule has 162 valence electrons. The standard InChI is InChI=1S/C23H24N2O4S2/c26-23(25-11-13-29-14-12-25)21-19-7-3-4-8-20(19)30-22(21)24-31(27,28)18-10-9-16-5-1-2-6-17(16)15-18/h1-2,5-6,9-10,15,24H,3-4,7-8,11-14H2. The van der Waals surface area contributed by atoms with Crippen LogP contribution in [0.5, 0.6) is 0 Å². The molecule has 5 rings (SSSR count). The first kappa shape index (κ1) is 20.5. The van der Waals surface area contributed by atoms with Gasteiger partial charge in [-0.05, 0) is 54.2 Å². The molecule has 0 unspecified atom stereocenters. The maximum absolute atomic E-state index is 13.4. The summed E-state index contributed by atoms with van der Waals surface area (Å²) in [4.78, 5) is 16.5. The molecule has 1 amide bonds. The van der Waals surface area contributed by atoms with Gasteiger partial charge in [-0.25, -0.2) is 8.42 Å². The smallest absolute Gasteiger partial charge is 0.262 e. The first-order chi connectivity index (χ1) is 15.0. The minimum absolute atomic E-state index is 0.0982. The third kappa shape index (κ3) is 3.95. The number of hydrogen-bond donors (Lipinski definition) is 1. The summed E-state index contributed by atoms with van der Waals surface area (Å²) >= 11 is 1.41. The largest absolute Gasteiger partial charge is 0.378 e. The maximum atomic E-state index is 13.4. The number of nitrogens with zero attached hydrogens (tertiary/aromatic N) is 1. The zero-order valence-corrected chi connectivity index (χ0v) is 18.7. The Morgan fingerprint density at radius 3 is 2.55 bits per heavy atom. The summed E-state index contributed by atoms with van der Waals surface area (Å²) in [5, 5.41) is 2.29. The molecule has 31 heavy (non-hydrogen) atoms. The fourth-order valence-corrected chi connectivity index (χ4v) is 6.93. The molecule has 1 aliphatic heterocycles. The number of hydrogen-bond acceptors (Lipinski definition) is 5. The monoisotopic (exact) mass is 456 g/mol. The Labute approximate surface area is 185 Å². The minimum atomic E-state index is -3.83. The summed E-state index contributed by atoms with van der Waals surface area (Å²) in [5.74, 6) is -0.0982. The van der Waals surface area contributed by atoms with Crippen LogP contribution in [0.2, 0.25) is 0 Å². The predicted molar refractivity (Wildman–Crippen MR) is 122 cm³/mol. The fourth-order valence-electron chi connectivity index (χ4n) is 4.30. The average Bonchev–Trinajstić information content (AvgIpc) is 3.16. The molecule has 1 fully saturated rings. The van der Waals surface area contributed by atoms with Gasteiger partial charge in [0, 0.05) is 18.0 Å². The molecule has 2 aliphatic rings. The number of carbonyl (C=O) groups excluding carboxylic acids is 1. The van der Waals surface area contributed by atoms with Gasteiger partial charge in [-0.2, -0.15) is 0 Å². The molecule has 0 spiro atoms. The summed E-state index contributed by atoms with van der Waals surface area (Å²) < 4.78 is 34.7. The number of benzene rings is 2. The topological polar surface area (TPSA) is 75.7 Å². The minimum Gasteiger partial charge on any atom is -0.378 e. The average molecular weight is 457 g/mol. The van der Waals surface area contributed by atoms with E-state index >= 15 is 0 Å². The molecule has 0 saturated carbocycles. The van der Waals surface area contributed by atoms with Crippen molar-refractivity contribution >= 4 is 43.0 Å². The normalized spacial score (nSPS) is 16.8. The lowest BCUT2D eigenvalue weighted by Crippen LogP contribution is -2.41. The van der Waals surface area contributed by atoms with Crippen molar-refractivity contribution in [3.05, 3.63) is 58.5 Å². The molecular weight excluding hydrogens is 432 g/mol. The number of rotatable bonds is 4. The van der Waals surface area contributed by atoms with E-state index in [1.54, 1.807) is 17.0 Å². The number of morpholine rings is 1. The number of thiophene rings is 1. The van der Waals surface area contributed by atoms with Gasteiger partial charge in [0.2, 0.25) is 0 Å². The van der Waals surface area contributed by atoms with E-state index < -0.39 is 10.0 Å². The van der Waals surface area contributed by atoms with E-state index in [1.807, 2.05) is 30.3 Å². The SMILES string of the molecule is O=C(c1c(NS(=O)(=O)c2ccc3ccccc3c2)sc2c1CCCC2)N1CCOCC1. The van der Waals surface area contributed by atoms with Crippen LogP contribution in [-0.4, -0.2) is 45.5 Å². The van der Waals surface area contributed by atoms with Crippen molar-refractivity contribution < 1.29 is 17.9 Å². The number of fused-ring (bicyclic) bond motifs is 2. The molecule has 1 saturated heterocycles. The molecule has 6 nitrogen and oxygen atoms in total. The zero-order valence-electron chi connectivity index (χ0n) is 17.1. The van der Waals surface area contributed by atoms with Crippen LogP contribution in [0.3, 0.4) is 0 Å². The molecule has 0 radical (unpaired) electrons. The summed E-state index contributed by atoms with van der Waals surface area (Å²) in [6, 6.07) is 12.8. The van der Waals surface area contributed by atoms with Crippen LogP contribution < -0.4 is 4.72 Å². The first-order valence-electron chi connectivity index (χ1n) is 10.6. The number of anilines is 1. The first-order valence-corrected chi connectivity index (χ1v) is 12.9. The van der Waals surface area contributed by atoms with Gasteiger partial charge in [0.25, 0.3) is 15.9 Å². The second-order valence-corrected chi connectivity index (χ2v) is 10.7. The molecule has 0 atom stereocenters. The van der Waals surface area contributed by atoms with E-state index in [0.717, 1.165) is 46.9 Å². The van der Waals surface area contributed by atoms with E-state index in [9.17, 15) is 13.2 Å². The predicted octanol–water partition coefficient (Wildman–Crippen LogP) is 4.05. The molecule has 3 aromatic rings. The number of sulfonamides is 1. The van der Waals surface area contributed by atoms with Crippen molar-refractivity contribution in [2.75, 3.05) is 31.0 Å². The molecule has 0 bridgehead atoms. The molecule has 1 aliphatic carbocycles. The lowest BCUT2D eigenvalue weighted by atomic mass is 9.95. The van der Waals surface area contributed by atoms with Crippen LogP contribution in [0, 0.1) is 0 Å². The van der Waals surface area contributed by atoms with Crippen LogP contribution in [-0.2, 0) is 27.6 Å². The van der Waals surface area contributed by atoms with Crippen LogP contribution in [0.15, 0.2) is 47.4 Å². The molecular formula is C23H24N2O4S2. The highest BCUT2D eigenvalue weighted by Gasteiger charge is 2.31. The summed E-state index contributed by atoms with van der Waals surface area (Å²) in [5.41, 5.74) is 1.55. The Morgan fingerprint density at radius 1 is 1.00 bits per heavy atom. The van der Waals surface area contributed by atoms with E-state index in [4.69, 9.17) is 4.74 Å². The van der Waals surface area contributed by atoms with Gasteiger partial charge in [-0.3, -0.25) is 9.52 Å². The van der Waals surface area contributed by atoms with Crippen molar-refractivity contribution in [2.45, 2.75) is 30.6 Å². The Balaban J connectivity index is 1.53. The summed E-state index contributed by atoms with van der Waals surface area (Å²) in [7, 11) is -3.83.